The Morgan fingerprint density at radius 2 is 1.32 bits per heavy atom. The minimum atomic E-state index is -0.454. The van der Waals surface area contributed by atoms with Crippen molar-refractivity contribution in [2.24, 2.45) is 0 Å². The fraction of sp³-hybridized carbons (Fsp3) is 0.129. The minimum absolute atomic E-state index is 0.0288. The molecule has 0 aromatic heterocycles. The number of carbonyl (C=O) groups excluding carboxylic acids is 1. The number of ether oxygens (including phenoxy) is 1. The molecule has 0 spiro atoms. The molecular weight excluding hydrogens is 418 g/mol. The van der Waals surface area contributed by atoms with Crippen LogP contribution in [0.3, 0.4) is 0 Å². The number of rotatable bonds is 5. The quantitative estimate of drug-likeness (QED) is 0.374. The van der Waals surface area contributed by atoms with Crippen LogP contribution in [-0.4, -0.2) is 18.7 Å². The average molecular weight is 444 g/mol. The average Bonchev–Trinajstić information content (AvgIpc) is 3.21. The smallest absolute Gasteiger partial charge is 0.408 e. The van der Waals surface area contributed by atoms with E-state index in [1.807, 2.05) is 84.9 Å². The van der Waals surface area contributed by atoms with Crippen LogP contribution < -0.4 is 5.32 Å². The van der Waals surface area contributed by atoms with Crippen molar-refractivity contribution in [2.75, 3.05) is 6.61 Å². The Hall–Kier alpha value is -4.29. The fourth-order valence-electron chi connectivity index (χ4n) is 4.46. The molecule has 5 rings (SSSR count). The molecule has 166 valence electrons. The third-order valence-corrected chi connectivity index (χ3v) is 6.08. The Balaban J connectivity index is 1.30. The molecule has 0 heterocycles. The molecule has 0 radical (unpaired) electrons. The van der Waals surface area contributed by atoms with Crippen molar-refractivity contribution in [3.05, 3.63) is 131 Å². The lowest BCUT2D eigenvalue weighted by molar-refractivity contribution is 0.141. The van der Waals surface area contributed by atoms with E-state index < -0.39 is 6.09 Å². The predicted molar refractivity (Wildman–Crippen MR) is 135 cm³/mol. The van der Waals surface area contributed by atoms with Crippen LogP contribution in [0, 0.1) is 11.8 Å². The van der Waals surface area contributed by atoms with Crippen molar-refractivity contribution in [3.8, 4) is 23.0 Å². The largest absolute Gasteiger partial charge is 0.449 e. The van der Waals surface area contributed by atoms with Gasteiger partial charge < -0.3 is 10.1 Å². The molecular formula is C31H25NO2. The summed E-state index contributed by atoms with van der Waals surface area (Å²) in [6.07, 6.45) is 0.148. The van der Waals surface area contributed by atoms with Crippen LogP contribution in [-0.2, 0) is 11.2 Å². The van der Waals surface area contributed by atoms with Gasteiger partial charge >= 0.3 is 6.09 Å². The molecule has 3 nitrogen and oxygen atoms in total. The lowest BCUT2D eigenvalue weighted by Gasteiger charge is -2.17. The molecule has 3 heteroatoms. The number of amides is 1. The Labute approximate surface area is 200 Å². The second-order valence-electron chi connectivity index (χ2n) is 8.35. The van der Waals surface area contributed by atoms with Gasteiger partial charge in [-0.3, -0.25) is 0 Å². The molecule has 0 saturated heterocycles. The highest BCUT2D eigenvalue weighted by atomic mass is 16.5. The molecule has 1 aliphatic rings. The first-order valence-corrected chi connectivity index (χ1v) is 11.5. The van der Waals surface area contributed by atoms with Crippen molar-refractivity contribution in [3.63, 3.8) is 0 Å². The molecule has 1 amide bonds. The van der Waals surface area contributed by atoms with Crippen molar-refractivity contribution < 1.29 is 9.53 Å². The van der Waals surface area contributed by atoms with E-state index in [9.17, 15) is 4.79 Å². The topological polar surface area (TPSA) is 38.3 Å². The Kier molecular flexibility index (Phi) is 6.40. The summed E-state index contributed by atoms with van der Waals surface area (Å²) in [6, 6.07) is 36.1. The number of hydrogen-bond acceptors (Lipinski definition) is 2. The summed E-state index contributed by atoms with van der Waals surface area (Å²) in [4.78, 5) is 12.8. The molecule has 1 aliphatic carbocycles. The summed E-state index contributed by atoms with van der Waals surface area (Å²) in [7, 11) is 0. The second-order valence-corrected chi connectivity index (χ2v) is 8.35. The van der Waals surface area contributed by atoms with Crippen LogP contribution >= 0.6 is 0 Å². The molecule has 4 aromatic carbocycles. The lowest BCUT2D eigenvalue weighted by atomic mass is 9.98. The van der Waals surface area contributed by atoms with Crippen molar-refractivity contribution >= 4 is 6.09 Å². The summed E-state index contributed by atoms with van der Waals surface area (Å²) >= 11 is 0. The number of fused-ring (bicyclic) bond motifs is 3. The highest BCUT2D eigenvalue weighted by Gasteiger charge is 2.29. The zero-order chi connectivity index (χ0) is 23.2. The molecule has 1 unspecified atom stereocenters. The number of alkyl carbamates (subject to hydrolysis) is 1. The van der Waals surface area contributed by atoms with Gasteiger partial charge in [0.15, 0.2) is 0 Å². The lowest BCUT2D eigenvalue weighted by Crippen LogP contribution is -2.36. The van der Waals surface area contributed by atoms with E-state index in [1.165, 1.54) is 22.3 Å². The van der Waals surface area contributed by atoms with Gasteiger partial charge in [0, 0.05) is 17.9 Å². The standard InChI is InChI=1S/C31H25NO2/c33-31(34-22-30-28-17-9-7-15-26(28)27-16-8-10-18-29(27)30)32-25(21-24-13-5-2-6-14-24)20-19-23-11-3-1-4-12-23/h1-18,25,30H,21-22H2,(H,32,33). The molecule has 0 aliphatic heterocycles. The van der Waals surface area contributed by atoms with Crippen LogP contribution in [0.4, 0.5) is 4.79 Å². The predicted octanol–water partition coefficient (Wildman–Crippen LogP) is 6.19. The van der Waals surface area contributed by atoms with E-state index in [4.69, 9.17) is 4.74 Å². The van der Waals surface area contributed by atoms with Gasteiger partial charge in [0.05, 0.1) is 6.04 Å². The van der Waals surface area contributed by atoms with E-state index >= 15 is 0 Å². The summed E-state index contributed by atoms with van der Waals surface area (Å²) in [6.45, 7) is 0.282. The first-order chi connectivity index (χ1) is 16.8. The summed E-state index contributed by atoms with van der Waals surface area (Å²) in [5.74, 6) is 6.41. The molecule has 1 N–H and O–H groups in total. The first-order valence-electron chi connectivity index (χ1n) is 11.5. The monoisotopic (exact) mass is 443 g/mol. The normalized spacial score (nSPS) is 12.6. The van der Waals surface area contributed by atoms with Crippen molar-refractivity contribution in [1.29, 1.82) is 0 Å². The first kappa shape index (κ1) is 21.6. The maximum absolute atomic E-state index is 12.8. The zero-order valence-electron chi connectivity index (χ0n) is 18.8. The Morgan fingerprint density at radius 3 is 1.97 bits per heavy atom. The van der Waals surface area contributed by atoms with Gasteiger partial charge in [-0.25, -0.2) is 4.79 Å². The third kappa shape index (κ3) is 4.87. The third-order valence-electron chi connectivity index (χ3n) is 6.08. The molecule has 1 atom stereocenters. The highest BCUT2D eigenvalue weighted by Crippen LogP contribution is 2.44. The number of nitrogens with one attached hydrogen (secondary N) is 1. The summed E-state index contributed by atoms with van der Waals surface area (Å²) < 4.78 is 5.74. The number of benzene rings is 4. The van der Waals surface area contributed by atoms with Gasteiger partial charge in [-0.1, -0.05) is 109 Å². The molecule has 0 bridgehead atoms. The van der Waals surface area contributed by atoms with E-state index in [1.54, 1.807) is 0 Å². The minimum Gasteiger partial charge on any atom is -0.449 e. The molecule has 0 fully saturated rings. The number of hydrogen-bond donors (Lipinski definition) is 1. The van der Waals surface area contributed by atoms with E-state index in [-0.39, 0.29) is 18.6 Å². The highest BCUT2D eigenvalue weighted by molar-refractivity contribution is 5.79. The van der Waals surface area contributed by atoms with Gasteiger partial charge in [0.2, 0.25) is 0 Å². The zero-order valence-corrected chi connectivity index (χ0v) is 18.8. The summed E-state index contributed by atoms with van der Waals surface area (Å²) in [5.41, 5.74) is 6.83. The van der Waals surface area contributed by atoms with Gasteiger partial charge in [0.25, 0.3) is 0 Å². The van der Waals surface area contributed by atoms with Crippen molar-refractivity contribution in [2.45, 2.75) is 18.4 Å². The van der Waals surface area contributed by atoms with Gasteiger partial charge in [-0.15, -0.1) is 0 Å². The van der Waals surface area contributed by atoms with E-state index in [0.717, 1.165) is 11.1 Å². The fourth-order valence-corrected chi connectivity index (χ4v) is 4.46. The van der Waals surface area contributed by atoms with Crippen molar-refractivity contribution in [1.82, 2.24) is 5.32 Å². The molecule has 4 aromatic rings. The maximum Gasteiger partial charge on any atom is 0.408 e. The van der Waals surface area contributed by atoms with Crippen LogP contribution in [0.15, 0.2) is 109 Å². The van der Waals surface area contributed by atoms with Crippen LogP contribution in [0.1, 0.15) is 28.2 Å². The van der Waals surface area contributed by atoms with E-state index in [2.05, 4.69) is 41.4 Å². The van der Waals surface area contributed by atoms with Gasteiger partial charge in [-0.05, 0) is 39.9 Å². The van der Waals surface area contributed by atoms with Gasteiger partial charge in [-0.2, -0.15) is 0 Å². The van der Waals surface area contributed by atoms with Gasteiger partial charge in [0.1, 0.15) is 6.61 Å². The Morgan fingerprint density at radius 1 is 0.765 bits per heavy atom. The second kappa shape index (κ2) is 10.1. The van der Waals surface area contributed by atoms with Crippen LogP contribution in [0.5, 0.6) is 0 Å². The Bertz CT molecular complexity index is 1290. The molecule has 0 saturated carbocycles. The van der Waals surface area contributed by atoms with Crippen LogP contribution in [0.2, 0.25) is 0 Å². The number of carbonyl (C=O) groups is 1. The molecule has 34 heavy (non-hydrogen) atoms. The summed E-state index contributed by atoms with van der Waals surface area (Å²) in [5, 5.41) is 2.97. The maximum atomic E-state index is 12.8. The van der Waals surface area contributed by atoms with Crippen LogP contribution in [0.25, 0.3) is 11.1 Å². The van der Waals surface area contributed by atoms with E-state index in [0.29, 0.717) is 6.42 Å². The SMILES string of the molecule is O=C(NC(C#Cc1ccccc1)Cc1ccccc1)OCC1c2ccccc2-c2ccccc21.